The van der Waals surface area contributed by atoms with Crippen molar-refractivity contribution in [3.63, 3.8) is 0 Å². The molecule has 0 aliphatic rings. The lowest BCUT2D eigenvalue weighted by Crippen LogP contribution is -2.14. The number of pyridine rings is 1. The fourth-order valence-corrected chi connectivity index (χ4v) is 2.53. The monoisotopic (exact) mass is 404 g/mol. The molecule has 2 rings (SSSR count). The maximum Gasteiger partial charge on any atom is 0.257 e. The molecule has 0 fully saturated rings. The van der Waals surface area contributed by atoms with Crippen LogP contribution in [0.4, 0.5) is 5.82 Å². The molecule has 1 amide bonds. The van der Waals surface area contributed by atoms with E-state index in [-0.39, 0.29) is 11.1 Å². The molecule has 8 heteroatoms. The number of hydrogen-bond donors (Lipinski definition) is 1. The summed E-state index contributed by atoms with van der Waals surface area (Å²) in [6.45, 7) is 1.76. The number of halogens is 3. The van der Waals surface area contributed by atoms with Crippen LogP contribution < -0.4 is 5.32 Å². The normalized spacial score (nSPS) is 10.3. The molecule has 19 heavy (non-hydrogen) atoms. The van der Waals surface area contributed by atoms with Gasteiger partial charge in [-0.2, -0.15) is 0 Å². The Hall–Kier alpha value is -1.05. The third kappa shape index (κ3) is 3.71. The van der Waals surface area contributed by atoms with E-state index in [4.69, 9.17) is 11.6 Å². The summed E-state index contributed by atoms with van der Waals surface area (Å²) in [7, 11) is 0. The van der Waals surface area contributed by atoms with Crippen LogP contribution in [0, 0.1) is 6.92 Å². The van der Waals surface area contributed by atoms with Gasteiger partial charge in [0, 0.05) is 11.3 Å². The molecular formula is C11H7Br2ClN4O. The molecule has 98 valence electrons. The van der Waals surface area contributed by atoms with E-state index in [2.05, 4.69) is 52.1 Å². The summed E-state index contributed by atoms with van der Waals surface area (Å²) in [4.78, 5) is 24.2. The first kappa shape index (κ1) is 14.4. The van der Waals surface area contributed by atoms with E-state index >= 15 is 0 Å². The van der Waals surface area contributed by atoms with Crippen molar-refractivity contribution in [2.24, 2.45) is 0 Å². The summed E-state index contributed by atoms with van der Waals surface area (Å²) >= 11 is 12.2. The molecule has 2 heterocycles. The molecule has 0 spiro atoms. The Balaban J connectivity index is 2.25. The number of nitrogens with one attached hydrogen (secondary N) is 1. The van der Waals surface area contributed by atoms with Gasteiger partial charge in [0.2, 0.25) is 0 Å². The first-order valence-corrected chi connectivity index (χ1v) is 7.05. The molecule has 1 N–H and O–H groups in total. The Morgan fingerprint density at radius 2 is 2.05 bits per heavy atom. The van der Waals surface area contributed by atoms with Gasteiger partial charge in [0.25, 0.3) is 5.91 Å². The summed E-state index contributed by atoms with van der Waals surface area (Å²) in [6.07, 6.45) is 1.49. The van der Waals surface area contributed by atoms with Crippen LogP contribution in [0.1, 0.15) is 16.1 Å². The van der Waals surface area contributed by atoms with Gasteiger partial charge in [-0.25, -0.2) is 15.0 Å². The van der Waals surface area contributed by atoms with Crippen molar-refractivity contribution in [1.29, 1.82) is 0 Å². The van der Waals surface area contributed by atoms with Gasteiger partial charge in [-0.15, -0.1) is 0 Å². The van der Waals surface area contributed by atoms with E-state index in [1.165, 1.54) is 12.3 Å². The highest BCUT2D eigenvalue weighted by Gasteiger charge is 2.12. The maximum atomic E-state index is 12.1. The summed E-state index contributed by atoms with van der Waals surface area (Å²) in [5.74, 6) is 0.00325. The maximum absolute atomic E-state index is 12.1. The van der Waals surface area contributed by atoms with E-state index in [1.54, 1.807) is 13.0 Å². The second kappa shape index (κ2) is 5.94. The number of carbonyl (C=O) groups is 1. The van der Waals surface area contributed by atoms with Crippen molar-refractivity contribution in [2.75, 3.05) is 5.32 Å². The van der Waals surface area contributed by atoms with Crippen LogP contribution in [-0.4, -0.2) is 20.9 Å². The van der Waals surface area contributed by atoms with Crippen LogP contribution in [0.25, 0.3) is 0 Å². The van der Waals surface area contributed by atoms with Crippen LogP contribution in [0.5, 0.6) is 0 Å². The summed E-state index contributed by atoms with van der Waals surface area (Å²) < 4.78 is 1.01. The Kier molecular flexibility index (Phi) is 4.49. The predicted molar refractivity (Wildman–Crippen MR) is 79.4 cm³/mol. The molecule has 5 nitrogen and oxygen atoms in total. The second-order valence-electron chi connectivity index (χ2n) is 3.61. The number of aromatic nitrogens is 3. The van der Waals surface area contributed by atoms with Crippen molar-refractivity contribution in [1.82, 2.24) is 15.0 Å². The van der Waals surface area contributed by atoms with E-state index in [1.807, 2.05) is 0 Å². The third-order valence-corrected chi connectivity index (χ3v) is 3.25. The lowest BCUT2D eigenvalue weighted by atomic mass is 10.2. The molecule has 0 saturated carbocycles. The van der Waals surface area contributed by atoms with E-state index in [0.717, 1.165) is 0 Å². The van der Waals surface area contributed by atoms with E-state index in [9.17, 15) is 4.79 Å². The molecule has 0 aliphatic carbocycles. The average molecular weight is 406 g/mol. The molecule has 0 aliphatic heterocycles. The Morgan fingerprint density at radius 3 is 2.68 bits per heavy atom. The van der Waals surface area contributed by atoms with Gasteiger partial charge < -0.3 is 5.32 Å². The molecule has 2 aromatic rings. The smallest absolute Gasteiger partial charge is 0.257 e. The minimum absolute atomic E-state index is 0.270. The van der Waals surface area contributed by atoms with Gasteiger partial charge in [-0.1, -0.05) is 11.6 Å². The largest absolute Gasteiger partial charge is 0.304 e. The number of aryl methyl sites for hydroxylation is 1. The zero-order valence-electron chi connectivity index (χ0n) is 9.62. The lowest BCUT2D eigenvalue weighted by molar-refractivity contribution is 0.102. The summed E-state index contributed by atoms with van der Waals surface area (Å²) in [5.41, 5.74) is 1.08. The Bertz CT molecular complexity index is 630. The van der Waals surface area contributed by atoms with Crippen molar-refractivity contribution >= 4 is 55.2 Å². The number of hydrogen-bond acceptors (Lipinski definition) is 4. The molecule has 0 saturated heterocycles. The number of carbonyl (C=O) groups excluding carboxylic acids is 1. The highest BCUT2D eigenvalue weighted by atomic mass is 79.9. The highest BCUT2D eigenvalue weighted by Crippen LogP contribution is 2.20. The fraction of sp³-hybridized carbons (Fsp3) is 0.0909. The van der Waals surface area contributed by atoms with Crippen LogP contribution in [0.15, 0.2) is 27.5 Å². The van der Waals surface area contributed by atoms with Gasteiger partial charge in [0.15, 0.2) is 5.82 Å². The van der Waals surface area contributed by atoms with Crippen LogP contribution >= 0.6 is 43.5 Å². The van der Waals surface area contributed by atoms with Crippen LogP contribution in [0.2, 0.25) is 5.15 Å². The van der Waals surface area contributed by atoms with Gasteiger partial charge >= 0.3 is 0 Å². The quantitative estimate of drug-likeness (QED) is 0.774. The highest BCUT2D eigenvalue weighted by molar-refractivity contribution is 9.11. The zero-order chi connectivity index (χ0) is 14.0. The Labute approximate surface area is 131 Å². The van der Waals surface area contributed by atoms with Crippen molar-refractivity contribution < 1.29 is 4.79 Å². The number of amides is 1. The van der Waals surface area contributed by atoms with Gasteiger partial charge in [0.1, 0.15) is 14.4 Å². The standard InChI is InChI=1S/C11H7Br2ClN4O/c1-5-2-6(3-8(14)16-5)11(19)18-10-9(13)17-7(12)4-15-10/h2-4H,1H3,(H,15,18,19). The fourth-order valence-electron chi connectivity index (χ4n) is 1.37. The minimum Gasteiger partial charge on any atom is -0.304 e. The predicted octanol–water partition coefficient (Wildman–Crippen LogP) is 3.61. The van der Waals surface area contributed by atoms with Crippen LogP contribution in [0.3, 0.4) is 0 Å². The first-order chi connectivity index (χ1) is 8.95. The molecule has 0 radical (unpaired) electrons. The van der Waals surface area contributed by atoms with Crippen molar-refractivity contribution in [2.45, 2.75) is 6.92 Å². The second-order valence-corrected chi connectivity index (χ2v) is 5.56. The van der Waals surface area contributed by atoms with Gasteiger partial charge in [-0.3, -0.25) is 4.79 Å². The topological polar surface area (TPSA) is 67.8 Å². The van der Waals surface area contributed by atoms with E-state index < -0.39 is 0 Å². The number of nitrogens with zero attached hydrogens (tertiary/aromatic N) is 3. The average Bonchev–Trinajstić information content (AvgIpc) is 2.31. The molecule has 0 unspecified atom stereocenters. The zero-order valence-corrected chi connectivity index (χ0v) is 13.5. The third-order valence-electron chi connectivity index (χ3n) is 2.12. The van der Waals surface area contributed by atoms with Crippen molar-refractivity contribution in [3.8, 4) is 0 Å². The molecule has 0 aromatic carbocycles. The number of anilines is 1. The first-order valence-electron chi connectivity index (χ1n) is 5.09. The molecular weight excluding hydrogens is 399 g/mol. The summed E-state index contributed by atoms with van der Waals surface area (Å²) in [6, 6.07) is 3.13. The van der Waals surface area contributed by atoms with Crippen molar-refractivity contribution in [3.05, 3.63) is 43.9 Å². The summed E-state index contributed by atoms with van der Waals surface area (Å²) in [5, 5.41) is 2.91. The van der Waals surface area contributed by atoms with Gasteiger partial charge in [0.05, 0.1) is 6.20 Å². The molecule has 2 aromatic heterocycles. The number of rotatable bonds is 2. The lowest BCUT2D eigenvalue weighted by Gasteiger charge is -2.06. The van der Waals surface area contributed by atoms with Gasteiger partial charge in [-0.05, 0) is 50.9 Å². The molecule has 0 atom stereocenters. The Morgan fingerprint density at radius 1 is 1.32 bits per heavy atom. The minimum atomic E-state index is -0.329. The SMILES string of the molecule is Cc1cc(C(=O)Nc2ncc(Br)nc2Br)cc(Cl)n1. The van der Waals surface area contributed by atoms with E-state index in [0.29, 0.717) is 26.3 Å². The molecule has 0 bridgehead atoms. The van der Waals surface area contributed by atoms with Crippen LogP contribution in [-0.2, 0) is 0 Å².